The van der Waals surface area contributed by atoms with Gasteiger partial charge in [-0.15, -0.1) is 0 Å². The minimum absolute atomic E-state index is 0.892. The summed E-state index contributed by atoms with van der Waals surface area (Å²) >= 11 is 0. The molecule has 0 amide bonds. The Labute approximate surface area is 416 Å². The molecule has 14 rings (SSSR count). The Morgan fingerprint density at radius 2 is 0.611 bits per heavy atom. The van der Waals surface area contributed by atoms with Crippen LogP contribution < -0.4 is 0 Å². The van der Waals surface area contributed by atoms with Crippen LogP contribution in [0.25, 0.3) is 143 Å². The van der Waals surface area contributed by atoms with E-state index in [4.69, 9.17) is 19.9 Å². The molecular weight excluding hydrogens is 873 g/mol. The number of hydrogen-bond donors (Lipinski definition) is 0. The van der Waals surface area contributed by atoms with Crippen LogP contribution in [0.15, 0.2) is 255 Å². The third kappa shape index (κ3) is 6.92. The molecule has 334 valence electrons. The van der Waals surface area contributed by atoms with Gasteiger partial charge in [0.25, 0.3) is 0 Å². The summed E-state index contributed by atoms with van der Waals surface area (Å²) < 4.78 is 0. The van der Waals surface area contributed by atoms with Crippen molar-refractivity contribution in [1.29, 1.82) is 0 Å². The van der Waals surface area contributed by atoms with E-state index in [2.05, 4.69) is 231 Å². The van der Waals surface area contributed by atoms with Crippen LogP contribution in [0.3, 0.4) is 0 Å². The molecule has 0 aliphatic rings. The van der Waals surface area contributed by atoms with Crippen molar-refractivity contribution in [3.8, 4) is 78.1 Å². The minimum Gasteiger partial charge on any atom is -0.254 e. The van der Waals surface area contributed by atoms with Crippen LogP contribution in [-0.2, 0) is 0 Å². The highest BCUT2D eigenvalue weighted by Crippen LogP contribution is 2.46. The quantitative estimate of drug-likeness (QED) is 0.118. The van der Waals surface area contributed by atoms with E-state index in [1.54, 1.807) is 0 Å². The predicted molar refractivity (Wildman–Crippen MR) is 301 cm³/mol. The number of pyridine rings is 4. The first-order chi connectivity index (χ1) is 35.7. The van der Waals surface area contributed by atoms with E-state index in [9.17, 15) is 0 Å². The van der Waals surface area contributed by atoms with Gasteiger partial charge in [-0.1, -0.05) is 218 Å². The zero-order valence-corrected chi connectivity index (χ0v) is 39.0. The summed E-state index contributed by atoms with van der Waals surface area (Å²) in [5, 5.41) is 9.15. The molecule has 10 aromatic carbocycles. The van der Waals surface area contributed by atoms with E-state index in [1.807, 2.05) is 24.5 Å². The van der Waals surface area contributed by atoms with Gasteiger partial charge in [0.15, 0.2) is 0 Å². The Morgan fingerprint density at radius 1 is 0.222 bits per heavy atom. The van der Waals surface area contributed by atoms with E-state index in [0.717, 1.165) is 105 Å². The lowest BCUT2D eigenvalue weighted by molar-refractivity contribution is 1.37. The predicted octanol–water partition coefficient (Wildman–Crippen LogP) is 17.9. The highest BCUT2D eigenvalue weighted by molar-refractivity contribution is 6.22. The number of fused-ring (bicyclic) bond motifs is 8. The Bertz CT molecular complexity index is 4340. The van der Waals surface area contributed by atoms with E-state index < -0.39 is 0 Å². The Hall–Kier alpha value is -9.64. The highest BCUT2D eigenvalue weighted by Gasteiger charge is 2.20. The number of aromatic nitrogens is 4. The molecule has 0 fully saturated rings. The van der Waals surface area contributed by atoms with Gasteiger partial charge in [-0.25, -0.2) is 9.97 Å². The van der Waals surface area contributed by atoms with E-state index in [-0.39, 0.29) is 0 Å². The lowest BCUT2D eigenvalue weighted by atomic mass is 9.85. The highest BCUT2D eigenvalue weighted by atomic mass is 14.8. The van der Waals surface area contributed by atoms with Crippen LogP contribution >= 0.6 is 0 Å². The van der Waals surface area contributed by atoms with Crippen LogP contribution in [0.2, 0.25) is 0 Å². The average Bonchev–Trinajstić information content (AvgIpc) is 3.46. The second kappa shape index (κ2) is 17.1. The molecule has 0 spiro atoms. The molecule has 0 bridgehead atoms. The molecule has 0 atom stereocenters. The molecule has 4 aromatic heterocycles. The van der Waals surface area contributed by atoms with Crippen molar-refractivity contribution in [2.24, 2.45) is 0 Å². The summed E-state index contributed by atoms with van der Waals surface area (Å²) in [6, 6.07) is 86.9. The topological polar surface area (TPSA) is 51.6 Å². The molecule has 72 heavy (non-hydrogen) atoms. The maximum absolute atomic E-state index is 5.35. The van der Waals surface area contributed by atoms with E-state index in [1.165, 1.54) is 38.2 Å². The number of benzene rings is 10. The van der Waals surface area contributed by atoms with Gasteiger partial charge in [0, 0.05) is 45.1 Å². The SMILES string of the molecule is c1ccc(-c2cc(-c3ccc(-c4c5ccccc5c(-c5ccc(-c6cc(-c7ccccc7)nc7c6ccc6c(-c8ccccc8)ccnc67)cc5)c5ccccc45)cc3)c3ccc4cccnc4c3n2)cc1. The molecule has 0 aliphatic carbocycles. The second-order valence-electron chi connectivity index (χ2n) is 18.5. The van der Waals surface area contributed by atoms with Gasteiger partial charge in [0.2, 0.25) is 0 Å². The fraction of sp³-hybridized carbons (Fsp3) is 0. The van der Waals surface area contributed by atoms with Gasteiger partial charge < -0.3 is 0 Å². The Morgan fingerprint density at radius 3 is 1.11 bits per heavy atom. The summed E-state index contributed by atoms with van der Waals surface area (Å²) in [5.74, 6) is 0. The van der Waals surface area contributed by atoms with Crippen LogP contribution in [0.5, 0.6) is 0 Å². The molecule has 0 N–H and O–H groups in total. The average molecular weight is 915 g/mol. The van der Waals surface area contributed by atoms with Crippen LogP contribution in [-0.4, -0.2) is 19.9 Å². The van der Waals surface area contributed by atoms with Crippen molar-refractivity contribution in [3.05, 3.63) is 255 Å². The molecule has 14 aromatic rings. The summed E-state index contributed by atoms with van der Waals surface area (Å²) in [7, 11) is 0. The van der Waals surface area contributed by atoms with E-state index >= 15 is 0 Å². The van der Waals surface area contributed by atoms with Crippen molar-refractivity contribution in [1.82, 2.24) is 19.9 Å². The maximum Gasteiger partial charge on any atom is 0.0978 e. The van der Waals surface area contributed by atoms with Gasteiger partial charge in [-0.05, 0) is 101 Å². The van der Waals surface area contributed by atoms with Crippen molar-refractivity contribution >= 4 is 65.2 Å². The lowest BCUT2D eigenvalue weighted by Crippen LogP contribution is -1.94. The largest absolute Gasteiger partial charge is 0.254 e. The maximum atomic E-state index is 5.35. The third-order valence-corrected chi connectivity index (χ3v) is 14.4. The third-order valence-electron chi connectivity index (χ3n) is 14.4. The van der Waals surface area contributed by atoms with Crippen molar-refractivity contribution in [3.63, 3.8) is 0 Å². The van der Waals surface area contributed by atoms with Gasteiger partial charge in [0.1, 0.15) is 0 Å². The monoisotopic (exact) mass is 914 g/mol. The standard InChI is InChI=1S/C68H42N4/c1-4-15-43(16-5-1)51-38-40-70-66-56(51)36-37-58-60(42-62(72-68(58)66)47-19-8-3-9-20-47)45-28-32-49(33-29-45)64-54-24-12-10-22-52(54)63(53-23-11-13-25-55(53)64)48-30-26-44(27-31-48)59-41-61(46-17-6-2-7-18-46)71-67-57(59)35-34-50-21-14-39-69-65(50)67/h1-42H. The first-order valence-corrected chi connectivity index (χ1v) is 24.4. The van der Waals surface area contributed by atoms with Crippen molar-refractivity contribution in [2.45, 2.75) is 0 Å². The molecular formula is C68H42N4. The van der Waals surface area contributed by atoms with E-state index in [0.29, 0.717) is 0 Å². The summed E-state index contributed by atoms with van der Waals surface area (Å²) in [5.41, 5.74) is 19.2. The molecule has 0 unspecified atom stereocenters. The first kappa shape index (κ1) is 41.3. The molecule has 0 aliphatic heterocycles. The van der Waals surface area contributed by atoms with Gasteiger partial charge in [-0.2, -0.15) is 0 Å². The summed E-state index contributed by atoms with van der Waals surface area (Å²) in [4.78, 5) is 20.4. The fourth-order valence-electron chi connectivity index (χ4n) is 11.0. The zero-order valence-electron chi connectivity index (χ0n) is 39.0. The summed E-state index contributed by atoms with van der Waals surface area (Å²) in [6.45, 7) is 0. The van der Waals surface area contributed by atoms with Gasteiger partial charge >= 0.3 is 0 Å². The molecule has 0 radical (unpaired) electrons. The Balaban J connectivity index is 0.894. The first-order valence-electron chi connectivity index (χ1n) is 24.4. The van der Waals surface area contributed by atoms with Gasteiger partial charge in [0.05, 0.1) is 33.5 Å². The fourth-order valence-corrected chi connectivity index (χ4v) is 11.0. The number of rotatable bonds is 7. The Kier molecular flexibility index (Phi) is 9.82. The lowest BCUT2D eigenvalue weighted by Gasteiger charge is -2.18. The normalized spacial score (nSPS) is 11.6. The van der Waals surface area contributed by atoms with Crippen LogP contribution in [0.4, 0.5) is 0 Å². The zero-order chi connectivity index (χ0) is 47.5. The van der Waals surface area contributed by atoms with Gasteiger partial charge in [-0.3, -0.25) is 9.97 Å². The molecule has 4 nitrogen and oxygen atoms in total. The van der Waals surface area contributed by atoms with Crippen LogP contribution in [0, 0.1) is 0 Å². The second-order valence-corrected chi connectivity index (χ2v) is 18.5. The minimum atomic E-state index is 0.892. The molecule has 4 heterocycles. The molecule has 0 saturated carbocycles. The smallest absolute Gasteiger partial charge is 0.0978 e. The number of hydrogen-bond acceptors (Lipinski definition) is 4. The van der Waals surface area contributed by atoms with Crippen LogP contribution in [0.1, 0.15) is 0 Å². The van der Waals surface area contributed by atoms with Crippen molar-refractivity contribution in [2.75, 3.05) is 0 Å². The number of nitrogens with zero attached hydrogens (tertiary/aromatic N) is 4. The molecule has 0 saturated heterocycles. The van der Waals surface area contributed by atoms with Crippen molar-refractivity contribution < 1.29 is 0 Å². The molecule has 4 heteroatoms. The summed E-state index contributed by atoms with van der Waals surface area (Å²) in [6.07, 6.45) is 3.77.